The lowest BCUT2D eigenvalue weighted by atomic mass is 9.90. The molecule has 1 heterocycles. The highest BCUT2D eigenvalue weighted by Crippen LogP contribution is 2.21. The molecule has 1 amide bonds. The van der Waals surface area contributed by atoms with Crippen LogP contribution in [0.4, 0.5) is 5.69 Å². The Bertz CT molecular complexity index is 848. The van der Waals surface area contributed by atoms with E-state index in [0.29, 0.717) is 23.7 Å². The number of amides is 1. The normalized spacial score (nSPS) is 14.0. The van der Waals surface area contributed by atoms with Crippen molar-refractivity contribution in [2.75, 3.05) is 11.3 Å². The summed E-state index contributed by atoms with van der Waals surface area (Å²) in [5.41, 5.74) is 6.04. The third-order valence-corrected chi connectivity index (χ3v) is 6.64. The SMILES string of the molecule is CC(C)CC(C)(CN)NC(=O)c1cccc(NS(=O)(=O)c2cccs2)c1. The highest BCUT2D eigenvalue weighted by molar-refractivity contribution is 7.94. The summed E-state index contributed by atoms with van der Waals surface area (Å²) >= 11 is 1.13. The maximum atomic E-state index is 12.6. The summed E-state index contributed by atoms with van der Waals surface area (Å²) in [6.07, 6.45) is 0.750. The van der Waals surface area contributed by atoms with Gasteiger partial charge < -0.3 is 11.1 Å². The summed E-state index contributed by atoms with van der Waals surface area (Å²) in [5, 5.41) is 4.66. The number of carbonyl (C=O) groups is 1. The zero-order valence-corrected chi connectivity index (χ0v) is 16.8. The monoisotopic (exact) mass is 395 g/mol. The van der Waals surface area contributed by atoms with Crippen molar-refractivity contribution in [2.24, 2.45) is 11.7 Å². The Morgan fingerprint density at radius 2 is 2.00 bits per heavy atom. The molecule has 6 nitrogen and oxygen atoms in total. The summed E-state index contributed by atoms with van der Waals surface area (Å²) < 4.78 is 27.4. The van der Waals surface area contributed by atoms with Gasteiger partial charge in [-0.25, -0.2) is 8.42 Å². The van der Waals surface area contributed by atoms with Gasteiger partial charge in [0.2, 0.25) is 0 Å². The predicted molar refractivity (Wildman–Crippen MR) is 106 cm³/mol. The first-order valence-corrected chi connectivity index (χ1v) is 10.7. The Hall–Kier alpha value is -1.90. The summed E-state index contributed by atoms with van der Waals surface area (Å²) in [4.78, 5) is 12.6. The zero-order chi connectivity index (χ0) is 19.4. The van der Waals surface area contributed by atoms with E-state index < -0.39 is 15.6 Å². The van der Waals surface area contributed by atoms with Crippen molar-refractivity contribution in [3.8, 4) is 0 Å². The van der Waals surface area contributed by atoms with E-state index in [2.05, 4.69) is 23.9 Å². The highest BCUT2D eigenvalue weighted by Gasteiger charge is 2.26. The molecule has 0 saturated heterocycles. The van der Waals surface area contributed by atoms with Crippen LogP contribution in [0.15, 0.2) is 46.0 Å². The van der Waals surface area contributed by atoms with E-state index in [9.17, 15) is 13.2 Å². The first-order valence-electron chi connectivity index (χ1n) is 8.34. The quantitative estimate of drug-likeness (QED) is 0.639. The van der Waals surface area contributed by atoms with Crippen LogP contribution in [-0.2, 0) is 10.0 Å². The molecule has 1 atom stereocenters. The van der Waals surface area contributed by atoms with Gasteiger partial charge in [0.1, 0.15) is 4.21 Å². The van der Waals surface area contributed by atoms with Crippen LogP contribution in [-0.4, -0.2) is 26.4 Å². The van der Waals surface area contributed by atoms with Crippen LogP contribution >= 0.6 is 11.3 Å². The highest BCUT2D eigenvalue weighted by atomic mass is 32.2. The van der Waals surface area contributed by atoms with Gasteiger partial charge in [0.25, 0.3) is 15.9 Å². The third kappa shape index (κ3) is 5.30. The zero-order valence-electron chi connectivity index (χ0n) is 15.2. The van der Waals surface area contributed by atoms with Crippen LogP contribution in [0.2, 0.25) is 0 Å². The number of hydrogen-bond acceptors (Lipinski definition) is 5. The molecule has 4 N–H and O–H groups in total. The number of carbonyl (C=O) groups excluding carboxylic acids is 1. The number of anilines is 1. The molecule has 0 fully saturated rings. The Balaban J connectivity index is 2.17. The number of nitrogens with two attached hydrogens (primary N) is 1. The fourth-order valence-corrected chi connectivity index (χ4v) is 4.82. The minimum Gasteiger partial charge on any atom is -0.346 e. The molecule has 26 heavy (non-hydrogen) atoms. The van der Waals surface area contributed by atoms with Crippen LogP contribution in [0.1, 0.15) is 37.6 Å². The summed E-state index contributed by atoms with van der Waals surface area (Å²) in [5.74, 6) is 0.101. The van der Waals surface area contributed by atoms with Gasteiger partial charge in [-0.05, 0) is 48.9 Å². The fraction of sp³-hybridized carbons (Fsp3) is 0.389. The summed E-state index contributed by atoms with van der Waals surface area (Å²) in [7, 11) is -3.65. The van der Waals surface area contributed by atoms with Gasteiger partial charge >= 0.3 is 0 Å². The van der Waals surface area contributed by atoms with Crippen molar-refractivity contribution in [3.05, 3.63) is 47.3 Å². The molecule has 0 spiro atoms. The minimum atomic E-state index is -3.65. The second-order valence-corrected chi connectivity index (χ2v) is 9.79. The Morgan fingerprint density at radius 3 is 2.58 bits per heavy atom. The number of sulfonamides is 1. The maximum Gasteiger partial charge on any atom is 0.271 e. The standard InChI is InChI=1S/C18H25N3O3S2/c1-13(2)11-18(3,12-19)20-17(22)14-6-4-7-15(10-14)21-26(23,24)16-8-5-9-25-16/h4-10,13,21H,11-12,19H2,1-3H3,(H,20,22). The topological polar surface area (TPSA) is 101 Å². The molecule has 8 heteroatoms. The van der Waals surface area contributed by atoms with Crippen LogP contribution in [0.3, 0.4) is 0 Å². The number of thiophene rings is 1. The smallest absolute Gasteiger partial charge is 0.271 e. The molecular formula is C18H25N3O3S2. The molecule has 0 saturated carbocycles. The lowest BCUT2D eigenvalue weighted by Gasteiger charge is -2.31. The fourth-order valence-electron chi connectivity index (χ4n) is 2.78. The summed E-state index contributed by atoms with van der Waals surface area (Å²) in [6, 6.07) is 9.62. The van der Waals surface area contributed by atoms with E-state index >= 15 is 0 Å². The van der Waals surface area contributed by atoms with Gasteiger partial charge in [0.05, 0.1) is 0 Å². The van der Waals surface area contributed by atoms with Crippen molar-refractivity contribution in [2.45, 2.75) is 36.9 Å². The molecule has 2 rings (SSSR count). The van der Waals surface area contributed by atoms with Crippen LogP contribution in [0, 0.1) is 5.92 Å². The lowest BCUT2D eigenvalue weighted by molar-refractivity contribution is 0.0898. The van der Waals surface area contributed by atoms with Gasteiger partial charge in [-0.2, -0.15) is 0 Å². The average molecular weight is 396 g/mol. The van der Waals surface area contributed by atoms with Crippen molar-refractivity contribution >= 4 is 33.0 Å². The minimum absolute atomic E-state index is 0.222. The molecule has 0 bridgehead atoms. The third-order valence-electron chi connectivity index (χ3n) is 3.86. The van der Waals surface area contributed by atoms with Gasteiger partial charge in [-0.1, -0.05) is 26.0 Å². The van der Waals surface area contributed by atoms with E-state index in [1.54, 1.807) is 29.6 Å². The molecule has 0 aliphatic heterocycles. The molecule has 0 radical (unpaired) electrons. The molecule has 0 aliphatic rings. The Kier molecular flexibility index (Phi) is 6.44. The molecular weight excluding hydrogens is 370 g/mol. The van der Waals surface area contributed by atoms with Gasteiger partial charge in [-0.3, -0.25) is 9.52 Å². The van der Waals surface area contributed by atoms with E-state index in [1.165, 1.54) is 12.1 Å². The van der Waals surface area contributed by atoms with Crippen LogP contribution in [0.25, 0.3) is 0 Å². The number of benzene rings is 1. The van der Waals surface area contributed by atoms with Crippen LogP contribution < -0.4 is 15.8 Å². The van der Waals surface area contributed by atoms with E-state index in [4.69, 9.17) is 5.73 Å². The molecule has 142 valence electrons. The molecule has 2 aromatic rings. The van der Waals surface area contributed by atoms with Crippen LogP contribution in [0.5, 0.6) is 0 Å². The van der Waals surface area contributed by atoms with Crippen molar-refractivity contribution in [1.82, 2.24) is 5.32 Å². The molecule has 0 aliphatic carbocycles. The Morgan fingerprint density at radius 1 is 1.27 bits per heavy atom. The van der Waals surface area contributed by atoms with E-state index in [-0.39, 0.29) is 10.1 Å². The second-order valence-electron chi connectivity index (χ2n) is 6.94. The lowest BCUT2D eigenvalue weighted by Crippen LogP contribution is -2.52. The van der Waals surface area contributed by atoms with Crippen molar-refractivity contribution in [3.63, 3.8) is 0 Å². The van der Waals surface area contributed by atoms with Crippen molar-refractivity contribution in [1.29, 1.82) is 0 Å². The summed E-state index contributed by atoms with van der Waals surface area (Å²) in [6.45, 7) is 6.37. The second kappa shape index (κ2) is 8.20. The van der Waals surface area contributed by atoms with Gasteiger partial charge in [0, 0.05) is 23.3 Å². The maximum absolute atomic E-state index is 12.6. The van der Waals surface area contributed by atoms with E-state index in [0.717, 1.165) is 17.8 Å². The van der Waals surface area contributed by atoms with Crippen molar-refractivity contribution < 1.29 is 13.2 Å². The molecule has 1 aromatic carbocycles. The Labute approximate surface area is 158 Å². The number of nitrogens with one attached hydrogen (secondary N) is 2. The molecule has 1 aromatic heterocycles. The first-order chi connectivity index (χ1) is 12.1. The van der Waals surface area contributed by atoms with Gasteiger partial charge in [0.15, 0.2) is 0 Å². The molecule has 1 unspecified atom stereocenters. The largest absolute Gasteiger partial charge is 0.346 e. The number of hydrogen-bond donors (Lipinski definition) is 3. The number of rotatable bonds is 8. The first kappa shape index (κ1) is 20.4. The average Bonchev–Trinajstić information content (AvgIpc) is 3.09. The van der Waals surface area contributed by atoms with Gasteiger partial charge in [-0.15, -0.1) is 11.3 Å². The van der Waals surface area contributed by atoms with E-state index in [1.807, 2.05) is 6.92 Å². The predicted octanol–water partition coefficient (Wildman–Crippen LogP) is 3.04.